The van der Waals surface area contributed by atoms with Gasteiger partial charge in [0.05, 0.1) is 6.42 Å². The molecule has 0 bridgehead atoms. The smallest absolute Gasteiger partial charge is 0.311 e. The third kappa shape index (κ3) is 5.63. The van der Waals surface area contributed by atoms with Gasteiger partial charge < -0.3 is 14.6 Å². The molecule has 0 atom stereocenters. The lowest BCUT2D eigenvalue weighted by Crippen LogP contribution is -2.22. The van der Waals surface area contributed by atoms with E-state index >= 15 is 0 Å². The van der Waals surface area contributed by atoms with Crippen molar-refractivity contribution in [1.29, 1.82) is 0 Å². The molecular weight excluding hydrogens is 408 g/mol. The van der Waals surface area contributed by atoms with Crippen LogP contribution in [0.3, 0.4) is 0 Å². The second-order valence-electron chi connectivity index (χ2n) is 6.92. The maximum Gasteiger partial charge on any atom is 0.311 e. The van der Waals surface area contributed by atoms with Gasteiger partial charge in [0.1, 0.15) is 5.75 Å². The van der Waals surface area contributed by atoms with Crippen LogP contribution in [0.2, 0.25) is 0 Å². The van der Waals surface area contributed by atoms with Crippen molar-refractivity contribution >= 4 is 11.9 Å². The van der Waals surface area contributed by atoms with Crippen LogP contribution in [0.1, 0.15) is 28.2 Å². The molecule has 0 fully saturated rings. The van der Waals surface area contributed by atoms with Crippen molar-refractivity contribution in [3.63, 3.8) is 0 Å². The zero-order valence-corrected chi connectivity index (χ0v) is 17.1. The normalized spacial score (nSPS) is 10.5. The van der Waals surface area contributed by atoms with E-state index in [1.54, 1.807) is 36.7 Å². The van der Waals surface area contributed by atoms with Gasteiger partial charge in [0.2, 0.25) is 11.7 Å². The average molecular weight is 428 g/mol. The summed E-state index contributed by atoms with van der Waals surface area (Å²) in [5.41, 5.74) is 2.13. The topological polar surface area (TPSA) is 107 Å². The van der Waals surface area contributed by atoms with Gasteiger partial charge in [-0.1, -0.05) is 41.6 Å². The van der Waals surface area contributed by atoms with Gasteiger partial charge in [-0.25, -0.2) is 0 Å². The second kappa shape index (κ2) is 10.1. The zero-order valence-electron chi connectivity index (χ0n) is 17.1. The number of hydrogen-bond donors (Lipinski definition) is 1. The first kappa shape index (κ1) is 20.9. The number of amides is 1. The summed E-state index contributed by atoms with van der Waals surface area (Å²) in [6, 6.07) is 19.7. The highest BCUT2D eigenvalue weighted by atomic mass is 16.5. The standard InChI is InChI=1S/C24H20N4O4/c29-22(12-11-21-27-23(28-32-21)19-9-5-13-25-16-19)31-20-10-4-8-18(14-20)24(30)26-15-17-6-2-1-3-7-17/h1-10,13-14,16H,11-12,15H2,(H,26,30). The Kier molecular flexibility index (Phi) is 6.62. The number of nitrogens with one attached hydrogen (secondary N) is 1. The Morgan fingerprint density at radius 2 is 1.88 bits per heavy atom. The van der Waals surface area contributed by atoms with E-state index < -0.39 is 5.97 Å². The lowest BCUT2D eigenvalue weighted by atomic mass is 10.2. The fourth-order valence-electron chi connectivity index (χ4n) is 2.94. The molecule has 8 heteroatoms. The summed E-state index contributed by atoms with van der Waals surface area (Å²) >= 11 is 0. The molecule has 0 radical (unpaired) electrons. The molecule has 8 nitrogen and oxygen atoms in total. The fraction of sp³-hybridized carbons (Fsp3) is 0.125. The summed E-state index contributed by atoms with van der Waals surface area (Å²) in [6.45, 7) is 0.412. The van der Waals surface area contributed by atoms with Gasteiger partial charge in [-0.15, -0.1) is 0 Å². The van der Waals surface area contributed by atoms with Crippen molar-refractivity contribution < 1.29 is 18.8 Å². The molecule has 0 saturated carbocycles. The highest BCUT2D eigenvalue weighted by Gasteiger charge is 2.13. The molecule has 1 N–H and O–H groups in total. The molecule has 4 aromatic rings. The van der Waals surface area contributed by atoms with Crippen molar-refractivity contribution in [1.82, 2.24) is 20.4 Å². The Hall–Kier alpha value is -4.33. The van der Waals surface area contributed by atoms with E-state index in [2.05, 4.69) is 20.4 Å². The third-order valence-electron chi connectivity index (χ3n) is 4.55. The predicted octanol–water partition coefficient (Wildman–Crippen LogP) is 3.60. The van der Waals surface area contributed by atoms with Gasteiger partial charge >= 0.3 is 5.97 Å². The van der Waals surface area contributed by atoms with Crippen LogP contribution in [0.4, 0.5) is 0 Å². The molecule has 0 spiro atoms. The fourth-order valence-corrected chi connectivity index (χ4v) is 2.94. The quantitative estimate of drug-likeness (QED) is 0.337. The first-order valence-corrected chi connectivity index (χ1v) is 10.0. The van der Waals surface area contributed by atoms with E-state index in [1.165, 1.54) is 6.07 Å². The number of carbonyl (C=O) groups excluding carboxylic acids is 2. The number of nitrogens with zero attached hydrogens (tertiary/aromatic N) is 3. The minimum atomic E-state index is -0.465. The monoisotopic (exact) mass is 428 g/mol. The molecule has 0 saturated heterocycles. The molecule has 2 heterocycles. The van der Waals surface area contributed by atoms with Crippen LogP contribution in [0.25, 0.3) is 11.4 Å². The summed E-state index contributed by atoms with van der Waals surface area (Å²) in [4.78, 5) is 32.9. The van der Waals surface area contributed by atoms with Gasteiger partial charge in [0.15, 0.2) is 0 Å². The van der Waals surface area contributed by atoms with Crippen LogP contribution in [-0.4, -0.2) is 27.0 Å². The van der Waals surface area contributed by atoms with E-state index in [4.69, 9.17) is 9.26 Å². The van der Waals surface area contributed by atoms with Crippen LogP contribution in [-0.2, 0) is 17.8 Å². The zero-order chi connectivity index (χ0) is 22.2. The minimum Gasteiger partial charge on any atom is -0.426 e. The molecule has 160 valence electrons. The van der Waals surface area contributed by atoms with E-state index in [0.717, 1.165) is 11.1 Å². The Morgan fingerprint density at radius 3 is 2.69 bits per heavy atom. The number of carbonyl (C=O) groups is 2. The molecule has 0 unspecified atom stereocenters. The summed E-state index contributed by atoms with van der Waals surface area (Å²) in [5.74, 6) is 0.322. The van der Waals surface area contributed by atoms with E-state index in [1.807, 2.05) is 36.4 Å². The van der Waals surface area contributed by atoms with Crippen LogP contribution in [0, 0.1) is 0 Å². The highest BCUT2D eigenvalue weighted by Crippen LogP contribution is 2.16. The van der Waals surface area contributed by atoms with Crippen LogP contribution in [0.5, 0.6) is 5.75 Å². The molecule has 2 aromatic heterocycles. The number of rotatable bonds is 8. The summed E-state index contributed by atoms with van der Waals surface area (Å²) in [6.07, 6.45) is 3.58. The lowest BCUT2D eigenvalue weighted by Gasteiger charge is -2.08. The molecule has 0 aliphatic heterocycles. The van der Waals surface area contributed by atoms with Crippen LogP contribution in [0.15, 0.2) is 83.6 Å². The van der Waals surface area contributed by atoms with Crippen molar-refractivity contribution in [3.8, 4) is 17.1 Å². The molecule has 4 rings (SSSR count). The second-order valence-corrected chi connectivity index (χ2v) is 6.92. The number of hydrogen-bond acceptors (Lipinski definition) is 7. The number of benzene rings is 2. The van der Waals surface area contributed by atoms with Gasteiger partial charge in [-0.2, -0.15) is 4.98 Å². The molecule has 0 aliphatic rings. The Balaban J connectivity index is 1.29. The van der Waals surface area contributed by atoms with E-state index in [9.17, 15) is 9.59 Å². The van der Waals surface area contributed by atoms with Gasteiger partial charge in [0.25, 0.3) is 5.91 Å². The van der Waals surface area contributed by atoms with Crippen molar-refractivity contribution in [2.75, 3.05) is 0 Å². The van der Waals surface area contributed by atoms with Gasteiger partial charge in [-0.05, 0) is 35.9 Å². The van der Waals surface area contributed by atoms with Crippen molar-refractivity contribution in [3.05, 3.63) is 96.1 Å². The summed E-state index contributed by atoms with van der Waals surface area (Å²) in [5, 5.41) is 6.74. The van der Waals surface area contributed by atoms with E-state index in [-0.39, 0.29) is 18.7 Å². The number of aromatic nitrogens is 3. The molecule has 0 aliphatic carbocycles. The van der Waals surface area contributed by atoms with Crippen LogP contribution >= 0.6 is 0 Å². The number of pyridine rings is 1. The van der Waals surface area contributed by atoms with Crippen molar-refractivity contribution in [2.24, 2.45) is 0 Å². The summed E-state index contributed by atoms with van der Waals surface area (Å²) < 4.78 is 10.5. The first-order valence-electron chi connectivity index (χ1n) is 10.0. The highest BCUT2D eigenvalue weighted by molar-refractivity contribution is 5.94. The maximum atomic E-state index is 12.4. The number of esters is 1. The SMILES string of the molecule is O=C(CCc1nc(-c2cccnc2)no1)Oc1cccc(C(=O)NCc2ccccc2)c1. The Morgan fingerprint density at radius 1 is 1.00 bits per heavy atom. The maximum absolute atomic E-state index is 12.4. The molecule has 1 amide bonds. The molecule has 2 aromatic carbocycles. The number of ether oxygens (including phenoxy) is 1. The molecular formula is C24H20N4O4. The number of aryl methyl sites for hydroxylation is 1. The van der Waals surface area contributed by atoms with E-state index in [0.29, 0.717) is 29.6 Å². The first-order chi connectivity index (χ1) is 15.7. The summed E-state index contributed by atoms with van der Waals surface area (Å²) in [7, 11) is 0. The average Bonchev–Trinajstić information content (AvgIpc) is 3.32. The van der Waals surface area contributed by atoms with Crippen LogP contribution < -0.4 is 10.1 Å². The Labute approximate surface area is 184 Å². The largest absolute Gasteiger partial charge is 0.426 e. The van der Waals surface area contributed by atoms with Gasteiger partial charge in [-0.3, -0.25) is 14.6 Å². The molecule has 32 heavy (non-hydrogen) atoms. The lowest BCUT2D eigenvalue weighted by molar-refractivity contribution is -0.134. The predicted molar refractivity (Wildman–Crippen MR) is 116 cm³/mol. The van der Waals surface area contributed by atoms with Gasteiger partial charge in [0, 0.05) is 36.5 Å². The third-order valence-corrected chi connectivity index (χ3v) is 4.55. The minimum absolute atomic E-state index is 0.0547. The van der Waals surface area contributed by atoms with Crippen molar-refractivity contribution in [2.45, 2.75) is 19.4 Å². The Bertz CT molecular complexity index is 1190.